The lowest BCUT2D eigenvalue weighted by molar-refractivity contribution is -0.139. The number of aromatic nitrogens is 1. The van der Waals surface area contributed by atoms with Crippen molar-refractivity contribution in [1.82, 2.24) is 15.6 Å². The van der Waals surface area contributed by atoms with E-state index in [-0.39, 0.29) is 17.4 Å². The van der Waals surface area contributed by atoms with Gasteiger partial charge in [-0.05, 0) is 41.8 Å². The predicted molar refractivity (Wildman–Crippen MR) is 108 cm³/mol. The van der Waals surface area contributed by atoms with E-state index in [1.165, 1.54) is 31.6 Å². The number of ether oxygens (including phenoxy) is 1. The van der Waals surface area contributed by atoms with Gasteiger partial charge in [-0.25, -0.2) is 8.42 Å². The molecule has 2 amide bonds. The van der Waals surface area contributed by atoms with Gasteiger partial charge in [0.15, 0.2) is 9.84 Å². The van der Waals surface area contributed by atoms with Crippen molar-refractivity contribution in [3.63, 3.8) is 0 Å². The summed E-state index contributed by atoms with van der Waals surface area (Å²) in [7, 11) is -2.38. The molecule has 8 nitrogen and oxygen atoms in total. The van der Waals surface area contributed by atoms with Gasteiger partial charge >= 0.3 is 11.8 Å². The van der Waals surface area contributed by atoms with Gasteiger partial charge in [0.25, 0.3) is 0 Å². The van der Waals surface area contributed by atoms with Crippen LogP contribution in [0.1, 0.15) is 24.7 Å². The molecule has 0 unspecified atom stereocenters. The zero-order valence-electron chi connectivity index (χ0n) is 16.6. The highest BCUT2D eigenvalue weighted by molar-refractivity contribution is 7.91. The molecule has 9 heteroatoms. The third kappa shape index (κ3) is 6.02. The van der Waals surface area contributed by atoms with Crippen LogP contribution in [0.2, 0.25) is 0 Å². The Labute approximate surface area is 170 Å². The minimum Gasteiger partial charge on any atom is -0.497 e. The van der Waals surface area contributed by atoms with E-state index in [4.69, 9.17) is 4.74 Å². The molecule has 0 aliphatic rings. The Hall–Kier alpha value is -2.94. The maximum absolute atomic E-state index is 13.2. The first-order valence-electron chi connectivity index (χ1n) is 9.09. The number of nitrogens with one attached hydrogen (secondary N) is 2. The molecule has 1 heterocycles. The van der Waals surface area contributed by atoms with Crippen molar-refractivity contribution in [3.8, 4) is 5.75 Å². The first kappa shape index (κ1) is 22.4. The Bertz CT molecular complexity index is 928. The lowest BCUT2D eigenvalue weighted by Crippen LogP contribution is -2.43. The molecule has 29 heavy (non-hydrogen) atoms. The standard InChI is InChI=1S/C20H25N3O5S/c1-14(2)11-22-19(24)20(25)23-13-18(15-5-4-10-21-12-15)29(26,27)17-8-6-16(28-3)7-9-17/h4-10,12,14,18H,11,13H2,1-3H3,(H,22,24)(H,23,25)/t18-/m0/s1. The fraction of sp³-hybridized carbons (Fsp3) is 0.350. The molecule has 0 aliphatic heterocycles. The van der Waals surface area contributed by atoms with Gasteiger partial charge < -0.3 is 15.4 Å². The van der Waals surface area contributed by atoms with Crippen LogP contribution in [0.5, 0.6) is 5.75 Å². The number of methoxy groups -OCH3 is 1. The lowest BCUT2D eigenvalue weighted by Gasteiger charge is -2.19. The molecular weight excluding hydrogens is 394 g/mol. The van der Waals surface area contributed by atoms with Crippen molar-refractivity contribution in [2.75, 3.05) is 20.2 Å². The van der Waals surface area contributed by atoms with E-state index in [1.54, 1.807) is 24.3 Å². The maximum atomic E-state index is 13.2. The summed E-state index contributed by atoms with van der Waals surface area (Å²) in [6.07, 6.45) is 2.95. The van der Waals surface area contributed by atoms with Gasteiger partial charge in [0.2, 0.25) is 0 Å². The summed E-state index contributed by atoms with van der Waals surface area (Å²) in [5.74, 6) is -0.975. The van der Waals surface area contributed by atoms with Crippen molar-refractivity contribution in [2.45, 2.75) is 24.0 Å². The minimum atomic E-state index is -3.87. The number of rotatable bonds is 8. The molecule has 0 radical (unpaired) electrons. The molecule has 1 aromatic heterocycles. The molecule has 0 fully saturated rings. The second-order valence-corrected chi connectivity index (χ2v) is 8.94. The highest BCUT2D eigenvalue weighted by atomic mass is 32.2. The van der Waals surface area contributed by atoms with E-state index in [0.717, 1.165) is 0 Å². The Morgan fingerprint density at radius 3 is 2.17 bits per heavy atom. The number of hydrogen-bond donors (Lipinski definition) is 2. The van der Waals surface area contributed by atoms with E-state index in [1.807, 2.05) is 13.8 Å². The van der Waals surface area contributed by atoms with Crippen molar-refractivity contribution in [2.24, 2.45) is 5.92 Å². The summed E-state index contributed by atoms with van der Waals surface area (Å²) in [5, 5.41) is 3.82. The van der Waals surface area contributed by atoms with E-state index >= 15 is 0 Å². The lowest BCUT2D eigenvalue weighted by atomic mass is 10.2. The van der Waals surface area contributed by atoms with Crippen LogP contribution in [0.3, 0.4) is 0 Å². The Morgan fingerprint density at radius 1 is 1.03 bits per heavy atom. The van der Waals surface area contributed by atoms with E-state index < -0.39 is 26.9 Å². The van der Waals surface area contributed by atoms with Crippen molar-refractivity contribution < 1.29 is 22.7 Å². The van der Waals surface area contributed by atoms with Crippen LogP contribution in [0.15, 0.2) is 53.7 Å². The molecule has 0 saturated heterocycles. The summed E-state index contributed by atoms with van der Waals surface area (Å²) >= 11 is 0. The van der Waals surface area contributed by atoms with Crippen molar-refractivity contribution in [3.05, 3.63) is 54.4 Å². The summed E-state index contributed by atoms with van der Waals surface area (Å²) in [4.78, 5) is 28.0. The summed E-state index contributed by atoms with van der Waals surface area (Å²) in [6.45, 7) is 3.88. The van der Waals surface area contributed by atoms with Crippen LogP contribution < -0.4 is 15.4 Å². The first-order valence-corrected chi connectivity index (χ1v) is 10.6. The number of amides is 2. The zero-order chi connectivity index (χ0) is 21.4. The van der Waals surface area contributed by atoms with Crippen LogP contribution in [0.25, 0.3) is 0 Å². The number of benzene rings is 1. The molecular formula is C20H25N3O5S. The number of carbonyl (C=O) groups is 2. The minimum absolute atomic E-state index is 0.0747. The van der Waals surface area contributed by atoms with Gasteiger partial charge in [0, 0.05) is 25.5 Å². The molecule has 2 aromatic rings. The first-order chi connectivity index (χ1) is 13.8. The Balaban J connectivity index is 2.23. The molecule has 1 atom stereocenters. The summed E-state index contributed by atoms with van der Waals surface area (Å²) in [6, 6.07) is 9.20. The SMILES string of the molecule is COc1ccc(S(=O)(=O)[C@@H](CNC(=O)C(=O)NCC(C)C)c2cccnc2)cc1. The van der Waals surface area contributed by atoms with Crippen LogP contribution in [0.4, 0.5) is 0 Å². The smallest absolute Gasteiger partial charge is 0.309 e. The zero-order valence-corrected chi connectivity index (χ0v) is 17.4. The second-order valence-electron chi connectivity index (χ2n) is 6.81. The normalized spacial score (nSPS) is 12.3. The topological polar surface area (TPSA) is 114 Å². The van der Waals surface area contributed by atoms with Crippen LogP contribution in [-0.2, 0) is 19.4 Å². The molecule has 0 aliphatic carbocycles. The third-order valence-corrected chi connectivity index (χ3v) is 6.26. The molecule has 1 aromatic carbocycles. The van der Waals surface area contributed by atoms with Crippen LogP contribution >= 0.6 is 0 Å². The van der Waals surface area contributed by atoms with Crippen LogP contribution in [-0.4, -0.2) is 45.4 Å². The number of hydrogen-bond acceptors (Lipinski definition) is 6. The highest BCUT2D eigenvalue weighted by Gasteiger charge is 2.30. The van der Waals surface area contributed by atoms with Gasteiger partial charge in [-0.1, -0.05) is 19.9 Å². The Kier molecular flexibility index (Phi) is 7.72. The average Bonchev–Trinajstić information content (AvgIpc) is 2.72. The fourth-order valence-corrected chi connectivity index (χ4v) is 4.19. The third-order valence-electron chi connectivity index (χ3n) is 4.14. The predicted octanol–water partition coefficient (Wildman–Crippen LogP) is 1.49. The largest absolute Gasteiger partial charge is 0.497 e. The highest BCUT2D eigenvalue weighted by Crippen LogP contribution is 2.29. The van der Waals surface area contributed by atoms with Gasteiger partial charge in [-0.2, -0.15) is 0 Å². The number of sulfone groups is 1. The molecule has 0 spiro atoms. The maximum Gasteiger partial charge on any atom is 0.309 e. The van der Waals surface area contributed by atoms with E-state index in [9.17, 15) is 18.0 Å². The molecule has 0 saturated carbocycles. The molecule has 156 valence electrons. The summed E-state index contributed by atoms with van der Waals surface area (Å²) < 4.78 is 31.5. The second kappa shape index (κ2) is 10.0. The van der Waals surface area contributed by atoms with Gasteiger partial charge in [0.05, 0.1) is 12.0 Å². The van der Waals surface area contributed by atoms with Gasteiger partial charge in [0.1, 0.15) is 11.0 Å². The van der Waals surface area contributed by atoms with Gasteiger partial charge in [-0.3, -0.25) is 14.6 Å². The van der Waals surface area contributed by atoms with Gasteiger partial charge in [-0.15, -0.1) is 0 Å². The molecule has 2 N–H and O–H groups in total. The molecule has 0 bridgehead atoms. The number of nitrogens with zero attached hydrogens (tertiary/aromatic N) is 1. The number of carbonyl (C=O) groups excluding carboxylic acids is 2. The quantitative estimate of drug-likeness (QED) is 0.627. The Morgan fingerprint density at radius 2 is 1.66 bits per heavy atom. The monoisotopic (exact) mass is 419 g/mol. The average molecular weight is 420 g/mol. The summed E-state index contributed by atoms with van der Waals surface area (Å²) in [5.41, 5.74) is 0.409. The van der Waals surface area contributed by atoms with E-state index in [0.29, 0.717) is 17.9 Å². The fourth-order valence-electron chi connectivity index (χ4n) is 2.55. The van der Waals surface area contributed by atoms with Crippen molar-refractivity contribution >= 4 is 21.7 Å². The molecule has 2 rings (SSSR count). The van der Waals surface area contributed by atoms with Crippen molar-refractivity contribution in [1.29, 1.82) is 0 Å². The van der Waals surface area contributed by atoms with E-state index in [2.05, 4.69) is 15.6 Å². The number of pyridine rings is 1. The van der Waals surface area contributed by atoms with Crippen LogP contribution in [0, 0.1) is 5.92 Å².